The number of thiophene rings is 1. The van der Waals surface area contributed by atoms with Crippen LogP contribution in [0.5, 0.6) is 0 Å². The first-order valence-electron chi connectivity index (χ1n) is 8.45. The molecule has 0 aliphatic heterocycles. The Kier molecular flexibility index (Phi) is 2.63. The van der Waals surface area contributed by atoms with Crippen LogP contribution in [0.2, 0.25) is 0 Å². The summed E-state index contributed by atoms with van der Waals surface area (Å²) in [6.07, 6.45) is 1.77. The monoisotopic (exact) mass is 352 g/mol. The molecule has 6 rings (SSSR count). The zero-order valence-corrected chi connectivity index (χ0v) is 14.4. The molecule has 0 bridgehead atoms. The van der Waals surface area contributed by atoms with E-state index in [0.717, 1.165) is 42.0 Å². The Morgan fingerprint density at radius 3 is 2.54 bits per heavy atom. The summed E-state index contributed by atoms with van der Waals surface area (Å²) >= 11 is 1.57. The van der Waals surface area contributed by atoms with Gasteiger partial charge in [-0.3, -0.25) is 9.78 Å². The van der Waals surface area contributed by atoms with Gasteiger partial charge in [0.25, 0.3) is 5.56 Å². The summed E-state index contributed by atoms with van der Waals surface area (Å²) in [5, 5.41) is 6.63. The summed E-state index contributed by atoms with van der Waals surface area (Å²) in [6.45, 7) is 0. The third-order valence-electron chi connectivity index (χ3n) is 5.07. The summed E-state index contributed by atoms with van der Waals surface area (Å²) < 4.78 is 1.94. The van der Waals surface area contributed by atoms with Gasteiger partial charge in [0.1, 0.15) is 4.70 Å². The van der Waals surface area contributed by atoms with Crippen molar-refractivity contribution in [2.75, 3.05) is 0 Å². The second kappa shape index (κ2) is 4.90. The number of aromatic nitrogens is 2. The molecule has 0 fully saturated rings. The van der Waals surface area contributed by atoms with Crippen molar-refractivity contribution in [3.05, 3.63) is 77.2 Å². The van der Waals surface area contributed by atoms with E-state index in [2.05, 4.69) is 46.4 Å². The van der Waals surface area contributed by atoms with E-state index in [1.165, 1.54) is 10.8 Å². The highest BCUT2D eigenvalue weighted by atomic mass is 32.1. The van der Waals surface area contributed by atoms with Crippen LogP contribution < -0.4 is 5.56 Å². The zero-order valence-electron chi connectivity index (χ0n) is 13.6. The Morgan fingerprint density at radius 1 is 0.769 bits per heavy atom. The molecular weight excluding hydrogens is 340 g/mol. The smallest absolute Gasteiger partial charge is 0.266 e. The minimum Gasteiger partial charge on any atom is -0.319 e. The molecule has 26 heavy (non-hydrogen) atoms. The SMILES string of the molecule is O=c1[nH]c2c(ccc3cccnc32)c2c1sc1c3ccccc3ccc12. The highest BCUT2D eigenvalue weighted by Crippen LogP contribution is 2.40. The average molecular weight is 352 g/mol. The van der Waals surface area contributed by atoms with Crippen molar-refractivity contribution in [1.29, 1.82) is 0 Å². The molecule has 122 valence electrons. The van der Waals surface area contributed by atoms with Crippen molar-refractivity contribution in [1.82, 2.24) is 9.97 Å². The summed E-state index contributed by atoms with van der Waals surface area (Å²) in [6, 6.07) is 20.7. The Bertz CT molecular complexity index is 1560. The summed E-state index contributed by atoms with van der Waals surface area (Å²) in [7, 11) is 0. The number of aromatic amines is 1. The lowest BCUT2D eigenvalue weighted by Crippen LogP contribution is -2.04. The first kappa shape index (κ1) is 14.0. The Morgan fingerprint density at radius 2 is 1.58 bits per heavy atom. The van der Waals surface area contributed by atoms with Gasteiger partial charge in [0.05, 0.1) is 11.0 Å². The quantitative estimate of drug-likeness (QED) is 0.362. The third-order valence-corrected chi connectivity index (χ3v) is 6.31. The molecule has 0 unspecified atom stereocenters. The van der Waals surface area contributed by atoms with Gasteiger partial charge in [0.15, 0.2) is 0 Å². The van der Waals surface area contributed by atoms with E-state index in [-0.39, 0.29) is 5.56 Å². The van der Waals surface area contributed by atoms with Crippen LogP contribution in [0.3, 0.4) is 0 Å². The number of nitrogens with zero attached hydrogens (tertiary/aromatic N) is 1. The maximum atomic E-state index is 12.9. The number of benzene rings is 3. The van der Waals surface area contributed by atoms with Crippen LogP contribution in [-0.2, 0) is 0 Å². The van der Waals surface area contributed by atoms with Crippen molar-refractivity contribution >= 4 is 64.1 Å². The maximum absolute atomic E-state index is 12.9. The zero-order chi connectivity index (χ0) is 17.3. The van der Waals surface area contributed by atoms with Gasteiger partial charge in [-0.1, -0.05) is 54.6 Å². The standard InChI is InChI=1S/C22H12N2OS/c25-22-21-17(15-9-8-13-5-3-11-23-18(13)19(15)24-22)16-10-7-12-4-1-2-6-14(12)20(16)26-21/h1-11H,(H,24,25). The number of hydrogen-bond donors (Lipinski definition) is 1. The van der Waals surface area contributed by atoms with Gasteiger partial charge in [0, 0.05) is 32.4 Å². The molecular formula is C22H12N2OS. The van der Waals surface area contributed by atoms with Gasteiger partial charge in [-0.2, -0.15) is 0 Å². The molecule has 0 saturated carbocycles. The molecule has 0 radical (unpaired) electrons. The van der Waals surface area contributed by atoms with Crippen molar-refractivity contribution in [3.8, 4) is 0 Å². The van der Waals surface area contributed by atoms with Gasteiger partial charge < -0.3 is 4.98 Å². The summed E-state index contributed by atoms with van der Waals surface area (Å²) in [5.41, 5.74) is 1.61. The first-order chi connectivity index (χ1) is 12.8. The lowest BCUT2D eigenvalue weighted by atomic mass is 10.0. The van der Waals surface area contributed by atoms with Crippen LogP contribution in [-0.4, -0.2) is 9.97 Å². The van der Waals surface area contributed by atoms with Crippen LogP contribution in [0.4, 0.5) is 0 Å². The van der Waals surface area contributed by atoms with Crippen molar-refractivity contribution < 1.29 is 0 Å². The molecule has 0 aliphatic rings. The predicted molar refractivity (Wildman–Crippen MR) is 110 cm³/mol. The molecule has 0 saturated heterocycles. The Hall–Kier alpha value is -3.24. The second-order valence-corrected chi connectivity index (χ2v) is 7.51. The van der Waals surface area contributed by atoms with Crippen LogP contribution in [0.15, 0.2) is 71.7 Å². The summed E-state index contributed by atoms with van der Waals surface area (Å²) in [4.78, 5) is 20.5. The molecule has 3 aromatic carbocycles. The van der Waals surface area contributed by atoms with E-state index in [1.54, 1.807) is 17.5 Å². The first-order valence-corrected chi connectivity index (χ1v) is 9.26. The van der Waals surface area contributed by atoms with Gasteiger partial charge in [-0.05, 0) is 16.8 Å². The minimum absolute atomic E-state index is 0.0454. The van der Waals surface area contributed by atoms with E-state index >= 15 is 0 Å². The number of fused-ring (bicyclic) bond motifs is 9. The number of pyridine rings is 2. The van der Waals surface area contributed by atoms with Crippen molar-refractivity contribution in [2.45, 2.75) is 0 Å². The second-order valence-electron chi connectivity index (χ2n) is 6.49. The van der Waals surface area contributed by atoms with Gasteiger partial charge >= 0.3 is 0 Å². The lowest BCUT2D eigenvalue weighted by Gasteiger charge is -2.05. The molecule has 0 atom stereocenters. The topological polar surface area (TPSA) is 45.8 Å². The number of rotatable bonds is 0. The minimum atomic E-state index is -0.0454. The highest BCUT2D eigenvalue weighted by Gasteiger charge is 2.15. The molecule has 3 nitrogen and oxygen atoms in total. The van der Waals surface area contributed by atoms with Crippen molar-refractivity contribution in [2.24, 2.45) is 0 Å². The van der Waals surface area contributed by atoms with E-state index in [0.29, 0.717) is 0 Å². The Labute approximate surface area is 151 Å². The van der Waals surface area contributed by atoms with Crippen LogP contribution >= 0.6 is 11.3 Å². The number of H-pyrrole nitrogens is 1. The largest absolute Gasteiger partial charge is 0.319 e. The molecule has 1 N–H and O–H groups in total. The van der Waals surface area contributed by atoms with Crippen LogP contribution in [0.1, 0.15) is 0 Å². The fourth-order valence-corrected chi connectivity index (χ4v) is 5.15. The highest BCUT2D eigenvalue weighted by molar-refractivity contribution is 7.26. The lowest BCUT2D eigenvalue weighted by molar-refractivity contribution is 1.34. The fraction of sp³-hybridized carbons (Fsp3) is 0. The number of nitrogens with one attached hydrogen (secondary N) is 1. The van der Waals surface area contributed by atoms with E-state index in [9.17, 15) is 4.79 Å². The molecule has 0 aliphatic carbocycles. The molecule has 3 aromatic heterocycles. The van der Waals surface area contributed by atoms with Crippen LogP contribution in [0, 0.1) is 0 Å². The summed E-state index contributed by atoms with van der Waals surface area (Å²) in [5.74, 6) is 0. The van der Waals surface area contributed by atoms with Gasteiger partial charge in [-0.15, -0.1) is 11.3 Å². The average Bonchev–Trinajstić information content (AvgIpc) is 3.09. The molecule has 6 aromatic rings. The van der Waals surface area contributed by atoms with Gasteiger partial charge in [-0.25, -0.2) is 0 Å². The van der Waals surface area contributed by atoms with E-state index in [1.807, 2.05) is 24.3 Å². The number of hydrogen-bond acceptors (Lipinski definition) is 3. The molecule has 4 heteroatoms. The third kappa shape index (κ3) is 1.71. The fourth-order valence-electron chi connectivity index (χ4n) is 3.90. The van der Waals surface area contributed by atoms with Crippen LogP contribution in [0.25, 0.3) is 52.8 Å². The molecule has 3 heterocycles. The predicted octanol–water partition coefficient (Wildman–Crippen LogP) is 5.60. The Balaban J connectivity index is 1.94. The van der Waals surface area contributed by atoms with E-state index in [4.69, 9.17) is 0 Å². The normalized spacial score (nSPS) is 12.0. The van der Waals surface area contributed by atoms with E-state index < -0.39 is 0 Å². The molecule has 0 amide bonds. The molecule has 0 spiro atoms. The maximum Gasteiger partial charge on any atom is 0.266 e. The van der Waals surface area contributed by atoms with Crippen molar-refractivity contribution in [3.63, 3.8) is 0 Å². The van der Waals surface area contributed by atoms with Gasteiger partial charge in [0.2, 0.25) is 0 Å².